The van der Waals surface area contributed by atoms with E-state index in [2.05, 4.69) is 22.3 Å². The minimum atomic E-state index is 0.536. The average Bonchev–Trinajstić information content (AvgIpc) is 2.47. The van der Waals surface area contributed by atoms with Crippen LogP contribution in [0.2, 0.25) is 0 Å². The van der Waals surface area contributed by atoms with Crippen molar-refractivity contribution in [3.63, 3.8) is 0 Å². The summed E-state index contributed by atoms with van der Waals surface area (Å²) in [6, 6.07) is 0. The zero-order valence-electron chi connectivity index (χ0n) is 7.56. The molecule has 2 N–H and O–H groups in total. The topological polar surface area (TPSA) is 69.6 Å². The summed E-state index contributed by atoms with van der Waals surface area (Å²) < 4.78 is 0. The van der Waals surface area contributed by atoms with Gasteiger partial charge in [0.2, 0.25) is 0 Å². The van der Waals surface area contributed by atoms with Gasteiger partial charge in [-0.05, 0) is 24.1 Å². The lowest BCUT2D eigenvalue weighted by molar-refractivity contribution is 0.534. The smallest absolute Gasteiger partial charge is 0.174 e. The van der Waals surface area contributed by atoms with Gasteiger partial charge < -0.3 is 5.73 Å². The van der Waals surface area contributed by atoms with Crippen molar-refractivity contribution < 1.29 is 0 Å². The largest absolute Gasteiger partial charge is 0.330 e. The molecule has 68 valence electrons. The summed E-state index contributed by atoms with van der Waals surface area (Å²) in [5, 5.41) is 11.7. The van der Waals surface area contributed by atoms with Crippen molar-refractivity contribution >= 4 is 0 Å². The van der Waals surface area contributed by atoms with Crippen molar-refractivity contribution in [2.24, 2.45) is 18.7 Å². The molecule has 1 unspecified atom stereocenters. The van der Waals surface area contributed by atoms with Crippen molar-refractivity contribution in [2.75, 3.05) is 6.54 Å². The van der Waals surface area contributed by atoms with Gasteiger partial charge >= 0.3 is 0 Å². The summed E-state index contributed by atoms with van der Waals surface area (Å²) in [4.78, 5) is 1.47. The molecule has 1 atom stereocenters. The van der Waals surface area contributed by atoms with Crippen molar-refractivity contribution in [1.29, 1.82) is 0 Å². The first-order valence-electron chi connectivity index (χ1n) is 4.15. The van der Waals surface area contributed by atoms with Crippen molar-refractivity contribution in [2.45, 2.75) is 19.8 Å². The van der Waals surface area contributed by atoms with Crippen molar-refractivity contribution in [3.05, 3.63) is 5.82 Å². The number of hydrogen-bond donors (Lipinski definition) is 1. The fraction of sp³-hybridized carbons (Fsp3) is 0.857. The second kappa shape index (κ2) is 4.15. The summed E-state index contributed by atoms with van der Waals surface area (Å²) >= 11 is 0. The Morgan fingerprint density at radius 3 is 2.83 bits per heavy atom. The molecule has 5 nitrogen and oxygen atoms in total. The van der Waals surface area contributed by atoms with E-state index in [9.17, 15) is 0 Å². The molecule has 0 aromatic carbocycles. The third-order valence-corrected chi connectivity index (χ3v) is 1.81. The third-order valence-electron chi connectivity index (χ3n) is 1.81. The Balaban J connectivity index is 2.33. The highest BCUT2D eigenvalue weighted by atomic mass is 15.6. The van der Waals surface area contributed by atoms with Crippen LogP contribution in [-0.2, 0) is 13.5 Å². The predicted molar refractivity (Wildman–Crippen MR) is 45.3 cm³/mol. The van der Waals surface area contributed by atoms with E-state index in [-0.39, 0.29) is 0 Å². The van der Waals surface area contributed by atoms with E-state index in [0.29, 0.717) is 5.92 Å². The molecule has 12 heavy (non-hydrogen) atoms. The van der Waals surface area contributed by atoms with Gasteiger partial charge in [-0.2, -0.15) is 4.80 Å². The molecule has 1 aromatic heterocycles. The molecule has 5 heteroatoms. The molecule has 0 aliphatic carbocycles. The Bertz CT molecular complexity index is 231. The number of aryl methyl sites for hydroxylation is 2. The molecule has 0 aliphatic rings. The molecule has 0 saturated carbocycles. The van der Waals surface area contributed by atoms with E-state index < -0.39 is 0 Å². The average molecular weight is 169 g/mol. The molecule has 0 amide bonds. The van der Waals surface area contributed by atoms with Gasteiger partial charge in [0.05, 0.1) is 7.05 Å². The molecule has 0 aliphatic heterocycles. The molecular weight excluding hydrogens is 154 g/mol. The highest BCUT2D eigenvalue weighted by Crippen LogP contribution is 2.03. The van der Waals surface area contributed by atoms with E-state index >= 15 is 0 Å². The van der Waals surface area contributed by atoms with Gasteiger partial charge in [0, 0.05) is 6.42 Å². The van der Waals surface area contributed by atoms with Gasteiger partial charge in [0.25, 0.3) is 0 Å². The fourth-order valence-corrected chi connectivity index (χ4v) is 0.917. The van der Waals surface area contributed by atoms with Gasteiger partial charge in [-0.3, -0.25) is 0 Å². The maximum Gasteiger partial charge on any atom is 0.174 e. The normalized spacial score (nSPS) is 13.2. The highest BCUT2D eigenvalue weighted by molar-refractivity contribution is 4.77. The maximum atomic E-state index is 5.48. The van der Waals surface area contributed by atoms with Crippen LogP contribution in [0.15, 0.2) is 0 Å². The highest BCUT2D eigenvalue weighted by Gasteiger charge is 2.03. The Hall–Kier alpha value is -0.970. The Morgan fingerprint density at radius 2 is 2.33 bits per heavy atom. The Labute approximate surface area is 71.9 Å². The van der Waals surface area contributed by atoms with Crippen LogP contribution >= 0.6 is 0 Å². The summed E-state index contributed by atoms with van der Waals surface area (Å²) in [5.74, 6) is 1.34. The number of aromatic nitrogens is 4. The monoisotopic (exact) mass is 169 g/mol. The van der Waals surface area contributed by atoms with E-state index in [1.54, 1.807) is 7.05 Å². The summed E-state index contributed by atoms with van der Waals surface area (Å²) in [5.41, 5.74) is 5.48. The van der Waals surface area contributed by atoms with Gasteiger partial charge in [0.1, 0.15) is 0 Å². The van der Waals surface area contributed by atoms with Crippen LogP contribution < -0.4 is 5.73 Å². The van der Waals surface area contributed by atoms with Crippen LogP contribution in [-0.4, -0.2) is 26.8 Å². The number of hydrogen-bond acceptors (Lipinski definition) is 4. The van der Waals surface area contributed by atoms with E-state index in [1.807, 2.05) is 0 Å². The van der Waals surface area contributed by atoms with Gasteiger partial charge in [-0.15, -0.1) is 10.2 Å². The van der Waals surface area contributed by atoms with E-state index in [0.717, 1.165) is 25.2 Å². The third kappa shape index (κ3) is 2.58. The first kappa shape index (κ1) is 9.12. The maximum absolute atomic E-state index is 5.48. The molecule has 0 bridgehead atoms. The summed E-state index contributed by atoms with van der Waals surface area (Å²) in [7, 11) is 1.77. The van der Waals surface area contributed by atoms with Gasteiger partial charge in [0.15, 0.2) is 5.82 Å². The number of nitrogens with two attached hydrogens (primary N) is 1. The molecule has 0 radical (unpaired) electrons. The lowest BCUT2D eigenvalue weighted by Gasteiger charge is -2.04. The minimum Gasteiger partial charge on any atom is -0.330 e. The second-order valence-corrected chi connectivity index (χ2v) is 3.07. The second-order valence-electron chi connectivity index (χ2n) is 3.07. The van der Waals surface area contributed by atoms with Gasteiger partial charge in [-0.25, -0.2) is 0 Å². The molecule has 0 fully saturated rings. The molecule has 0 saturated heterocycles. The number of tetrazole rings is 1. The van der Waals surface area contributed by atoms with Crippen LogP contribution in [0.5, 0.6) is 0 Å². The standard InChI is InChI=1S/C7H15N5/c1-6(5-8)3-4-7-9-11-12(2)10-7/h6H,3-5,8H2,1-2H3. The molecule has 0 spiro atoms. The molecule has 1 heterocycles. The molecular formula is C7H15N5. The number of rotatable bonds is 4. The van der Waals surface area contributed by atoms with Crippen LogP contribution in [0.1, 0.15) is 19.2 Å². The first-order chi connectivity index (χ1) is 5.72. The van der Waals surface area contributed by atoms with Crippen LogP contribution in [0.25, 0.3) is 0 Å². The molecule has 1 rings (SSSR count). The van der Waals surface area contributed by atoms with Crippen LogP contribution in [0.3, 0.4) is 0 Å². The Morgan fingerprint density at radius 1 is 1.58 bits per heavy atom. The lowest BCUT2D eigenvalue weighted by atomic mass is 10.1. The minimum absolute atomic E-state index is 0.536. The zero-order valence-corrected chi connectivity index (χ0v) is 7.56. The SMILES string of the molecule is CC(CN)CCc1nnn(C)n1. The van der Waals surface area contributed by atoms with E-state index in [4.69, 9.17) is 5.73 Å². The first-order valence-corrected chi connectivity index (χ1v) is 4.15. The van der Waals surface area contributed by atoms with Gasteiger partial charge in [-0.1, -0.05) is 6.92 Å². The fourth-order valence-electron chi connectivity index (χ4n) is 0.917. The van der Waals surface area contributed by atoms with Crippen LogP contribution in [0.4, 0.5) is 0 Å². The van der Waals surface area contributed by atoms with Crippen molar-refractivity contribution in [3.8, 4) is 0 Å². The lowest BCUT2D eigenvalue weighted by Crippen LogP contribution is -2.11. The summed E-state index contributed by atoms with van der Waals surface area (Å²) in [6.07, 6.45) is 1.90. The summed E-state index contributed by atoms with van der Waals surface area (Å²) in [6.45, 7) is 2.84. The Kier molecular flexibility index (Phi) is 3.16. The quantitative estimate of drug-likeness (QED) is 0.674. The molecule has 1 aromatic rings. The number of nitrogens with zero attached hydrogens (tertiary/aromatic N) is 4. The van der Waals surface area contributed by atoms with Crippen molar-refractivity contribution in [1.82, 2.24) is 20.2 Å². The van der Waals surface area contributed by atoms with Crippen LogP contribution in [0, 0.1) is 5.92 Å². The predicted octanol–water partition coefficient (Wildman–Crippen LogP) is -0.262. The zero-order chi connectivity index (χ0) is 8.97. The van der Waals surface area contributed by atoms with E-state index in [1.165, 1.54) is 4.80 Å².